The third-order valence-electron chi connectivity index (χ3n) is 5.73. The molecule has 2 aliphatic rings. The Kier molecular flexibility index (Phi) is 5.35. The SMILES string of the molecule is C[C@H]1CNCCN1C(=O)[C@@H]1CN(C(C)(C)C)C[C@H]1c1ccc(F)cc1F. The number of hydrogen-bond acceptors (Lipinski definition) is 3. The van der Waals surface area contributed by atoms with Crippen molar-refractivity contribution in [3.63, 3.8) is 0 Å². The highest BCUT2D eigenvalue weighted by atomic mass is 19.1. The van der Waals surface area contributed by atoms with E-state index in [1.807, 2.05) is 11.8 Å². The Balaban J connectivity index is 1.92. The van der Waals surface area contributed by atoms with Gasteiger partial charge in [0.05, 0.1) is 5.92 Å². The number of likely N-dealkylation sites (tertiary alicyclic amines) is 1. The third kappa shape index (κ3) is 3.76. The van der Waals surface area contributed by atoms with E-state index < -0.39 is 11.6 Å². The molecule has 0 aromatic heterocycles. The molecule has 2 fully saturated rings. The maximum absolute atomic E-state index is 14.5. The first-order chi connectivity index (χ1) is 12.2. The minimum atomic E-state index is -0.587. The van der Waals surface area contributed by atoms with E-state index in [0.29, 0.717) is 25.2 Å². The summed E-state index contributed by atoms with van der Waals surface area (Å²) in [6.45, 7) is 11.8. The fourth-order valence-electron chi connectivity index (χ4n) is 4.10. The summed E-state index contributed by atoms with van der Waals surface area (Å²) in [5.74, 6) is -1.63. The van der Waals surface area contributed by atoms with Crippen molar-refractivity contribution < 1.29 is 13.6 Å². The number of benzene rings is 1. The Morgan fingerprint density at radius 1 is 1.23 bits per heavy atom. The van der Waals surface area contributed by atoms with Crippen molar-refractivity contribution in [3.8, 4) is 0 Å². The number of amides is 1. The topological polar surface area (TPSA) is 35.6 Å². The molecular weight excluding hydrogens is 336 g/mol. The summed E-state index contributed by atoms with van der Waals surface area (Å²) in [6.07, 6.45) is 0. The fourth-order valence-corrected chi connectivity index (χ4v) is 4.10. The molecule has 2 heterocycles. The molecule has 0 aliphatic carbocycles. The van der Waals surface area contributed by atoms with E-state index in [1.54, 1.807) is 0 Å². The molecule has 3 atom stereocenters. The summed E-state index contributed by atoms with van der Waals surface area (Å²) in [6, 6.07) is 3.83. The van der Waals surface area contributed by atoms with Gasteiger partial charge in [-0.05, 0) is 39.3 Å². The predicted octanol–water partition coefficient (Wildman–Crippen LogP) is 2.60. The predicted molar refractivity (Wildman–Crippen MR) is 98.0 cm³/mol. The van der Waals surface area contributed by atoms with Crippen LogP contribution in [-0.4, -0.2) is 60.0 Å². The minimum Gasteiger partial charge on any atom is -0.337 e. The van der Waals surface area contributed by atoms with Crippen molar-refractivity contribution in [3.05, 3.63) is 35.4 Å². The molecule has 144 valence electrons. The van der Waals surface area contributed by atoms with E-state index >= 15 is 0 Å². The van der Waals surface area contributed by atoms with Gasteiger partial charge in [0.15, 0.2) is 0 Å². The average molecular weight is 365 g/mol. The van der Waals surface area contributed by atoms with Crippen molar-refractivity contribution in [1.82, 2.24) is 15.1 Å². The normalized spacial score (nSPS) is 27.8. The highest BCUT2D eigenvalue weighted by Crippen LogP contribution is 2.38. The van der Waals surface area contributed by atoms with Crippen molar-refractivity contribution in [2.24, 2.45) is 5.92 Å². The lowest BCUT2D eigenvalue weighted by Crippen LogP contribution is -2.54. The van der Waals surface area contributed by atoms with Crippen LogP contribution in [-0.2, 0) is 4.79 Å². The zero-order valence-electron chi connectivity index (χ0n) is 16.1. The van der Waals surface area contributed by atoms with Crippen LogP contribution >= 0.6 is 0 Å². The second-order valence-electron chi connectivity index (χ2n) is 8.54. The van der Waals surface area contributed by atoms with Gasteiger partial charge in [-0.25, -0.2) is 8.78 Å². The minimum absolute atomic E-state index is 0.0828. The maximum atomic E-state index is 14.5. The molecule has 0 saturated carbocycles. The Morgan fingerprint density at radius 3 is 2.58 bits per heavy atom. The zero-order chi connectivity index (χ0) is 19.1. The Bertz CT molecular complexity index is 674. The highest BCUT2D eigenvalue weighted by Gasteiger charge is 2.45. The summed E-state index contributed by atoms with van der Waals surface area (Å²) in [4.78, 5) is 17.5. The largest absolute Gasteiger partial charge is 0.337 e. The summed E-state index contributed by atoms with van der Waals surface area (Å²) < 4.78 is 27.9. The molecule has 1 aromatic carbocycles. The van der Waals surface area contributed by atoms with E-state index in [9.17, 15) is 13.6 Å². The number of carbonyl (C=O) groups is 1. The molecule has 0 unspecified atom stereocenters. The van der Waals surface area contributed by atoms with E-state index in [1.165, 1.54) is 12.1 Å². The lowest BCUT2D eigenvalue weighted by atomic mass is 9.87. The van der Waals surface area contributed by atoms with E-state index in [-0.39, 0.29) is 29.3 Å². The fraction of sp³-hybridized carbons (Fsp3) is 0.650. The monoisotopic (exact) mass is 365 g/mol. The number of piperazine rings is 1. The molecule has 1 aromatic rings. The average Bonchev–Trinajstić information content (AvgIpc) is 3.00. The van der Waals surface area contributed by atoms with E-state index in [0.717, 1.165) is 19.2 Å². The van der Waals surface area contributed by atoms with Crippen molar-refractivity contribution in [1.29, 1.82) is 0 Å². The van der Waals surface area contributed by atoms with Crippen LogP contribution in [0.15, 0.2) is 18.2 Å². The molecule has 1 amide bonds. The molecule has 6 heteroatoms. The van der Waals surface area contributed by atoms with Crippen LogP contribution < -0.4 is 5.32 Å². The van der Waals surface area contributed by atoms with E-state index in [2.05, 4.69) is 31.0 Å². The van der Waals surface area contributed by atoms with Crippen LogP contribution in [0, 0.1) is 17.6 Å². The quantitative estimate of drug-likeness (QED) is 0.875. The molecule has 26 heavy (non-hydrogen) atoms. The summed E-state index contributed by atoms with van der Waals surface area (Å²) in [5.41, 5.74) is 0.332. The van der Waals surface area contributed by atoms with Gasteiger partial charge in [0.2, 0.25) is 5.91 Å². The van der Waals surface area contributed by atoms with Crippen LogP contribution in [0.3, 0.4) is 0 Å². The van der Waals surface area contributed by atoms with Gasteiger partial charge in [0, 0.05) is 56.3 Å². The number of carbonyl (C=O) groups excluding carboxylic acids is 1. The number of halogens is 2. The first-order valence-electron chi connectivity index (χ1n) is 9.39. The van der Waals surface area contributed by atoms with Gasteiger partial charge in [-0.15, -0.1) is 0 Å². The smallest absolute Gasteiger partial charge is 0.227 e. The highest BCUT2D eigenvalue weighted by molar-refractivity contribution is 5.81. The number of hydrogen-bond donors (Lipinski definition) is 1. The van der Waals surface area contributed by atoms with Gasteiger partial charge < -0.3 is 10.2 Å². The molecular formula is C20H29F2N3O. The standard InChI is InChI=1S/C20H29F2N3O/c1-13-10-23-7-8-25(13)19(26)17-12-24(20(2,3)4)11-16(17)15-6-5-14(21)9-18(15)22/h5-6,9,13,16-17,23H,7-8,10-12H2,1-4H3/t13-,16-,17+/m0/s1. The van der Waals surface area contributed by atoms with Crippen LogP contribution in [0.1, 0.15) is 39.2 Å². The van der Waals surface area contributed by atoms with E-state index in [4.69, 9.17) is 0 Å². The first-order valence-corrected chi connectivity index (χ1v) is 9.39. The second kappa shape index (κ2) is 7.24. The molecule has 1 N–H and O–H groups in total. The van der Waals surface area contributed by atoms with Crippen LogP contribution in [0.2, 0.25) is 0 Å². The first kappa shape index (κ1) is 19.2. The van der Waals surface area contributed by atoms with Gasteiger partial charge >= 0.3 is 0 Å². The van der Waals surface area contributed by atoms with Gasteiger partial charge in [0.25, 0.3) is 0 Å². The number of rotatable bonds is 2. The third-order valence-corrected chi connectivity index (χ3v) is 5.73. The molecule has 2 saturated heterocycles. The lowest BCUT2D eigenvalue weighted by Gasteiger charge is -2.37. The van der Waals surface area contributed by atoms with Crippen LogP contribution in [0.25, 0.3) is 0 Å². The van der Waals surface area contributed by atoms with Crippen molar-refractivity contribution in [2.45, 2.75) is 45.2 Å². The molecule has 2 aliphatic heterocycles. The second-order valence-corrected chi connectivity index (χ2v) is 8.54. The van der Waals surface area contributed by atoms with Gasteiger partial charge in [0.1, 0.15) is 11.6 Å². The van der Waals surface area contributed by atoms with Crippen LogP contribution in [0.5, 0.6) is 0 Å². The van der Waals surface area contributed by atoms with Gasteiger partial charge in [-0.2, -0.15) is 0 Å². The lowest BCUT2D eigenvalue weighted by molar-refractivity contribution is -0.138. The Hall–Kier alpha value is -1.53. The summed E-state index contributed by atoms with van der Waals surface area (Å²) >= 11 is 0. The Morgan fingerprint density at radius 2 is 1.96 bits per heavy atom. The number of nitrogens with zero attached hydrogens (tertiary/aromatic N) is 2. The molecule has 0 spiro atoms. The van der Waals surface area contributed by atoms with Crippen molar-refractivity contribution in [2.75, 3.05) is 32.7 Å². The molecule has 0 radical (unpaired) electrons. The van der Waals surface area contributed by atoms with Gasteiger partial charge in [-0.1, -0.05) is 6.07 Å². The molecule has 3 rings (SSSR count). The zero-order valence-corrected chi connectivity index (χ0v) is 16.1. The van der Waals surface area contributed by atoms with Crippen molar-refractivity contribution >= 4 is 5.91 Å². The van der Waals surface area contributed by atoms with Gasteiger partial charge in [-0.3, -0.25) is 9.69 Å². The summed E-state index contributed by atoms with van der Waals surface area (Å²) in [7, 11) is 0. The molecule has 0 bridgehead atoms. The molecule has 4 nitrogen and oxygen atoms in total. The summed E-state index contributed by atoms with van der Waals surface area (Å²) in [5, 5.41) is 3.30. The maximum Gasteiger partial charge on any atom is 0.227 e. The Labute approximate surface area is 154 Å². The van der Waals surface area contributed by atoms with Crippen LogP contribution in [0.4, 0.5) is 8.78 Å². The number of nitrogens with one attached hydrogen (secondary N) is 1.